The van der Waals surface area contributed by atoms with Crippen LogP contribution < -0.4 is 11.1 Å². The van der Waals surface area contributed by atoms with Crippen molar-refractivity contribution in [2.75, 3.05) is 6.54 Å². The minimum absolute atomic E-state index is 0.350. The number of rotatable bonds is 5. The Labute approximate surface area is 101 Å². The van der Waals surface area contributed by atoms with E-state index in [0.29, 0.717) is 18.5 Å². The number of hydrogen-bond donors (Lipinski definition) is 3. The molecule has 0 aliphatic heterocycles. The summed E-state index contributed by atoms with van der Waals surface area (Å²) >= 11 is 0. The maximum absolute atomic E-state index is 5.72. The minimum Gasteiger partial charge on any atom is -0.329 e. The van der Waals surface area contributed by atoms with Crippen LogP contribution in [-0.4, -0.2) is 28.0 Å². The molecule has 1 atom stereocenters. The second-order valence-corrected chi connectivity index (χ2v) is 4.61. The summed E-state index contributed by atoms with van der Waals surface area (Å²) in [6, 6.07) is 6.43. The van der Waals surface area contributed by atoms with Gasteiger partial charge in [-0.1, -0.05) is 19.9 Å². The van der Waals surface area contributed by atoms with Crippen molar-refractivity contribution >= 4 is 11.0 Å². The summed E-state index contributed by atoms with van der Waals surface area (Å²) in [6.45, 7) is 5.81. The van der Waals surface area contributed by atoms with Crippen LogP contribution in [0.2, 0.25) is 0 Å². The molecule has 0 saturated carbocycles. The van der Waals surface area contributed by atoms with Gasteiger partial charge in [0.25, 0.3) is 0 Å². The van der Waals surface area contributed by atoms with Crippen LogP contribution in [-0.2, 0) is 6.54 Å². The average molecular weight is 233 g/mol. The van der Waals surface area contributed by atoms with E-state index in [2.05, 4.69) is 40.6 Å². The smallest absolute Gasteiger partial charge is 0.113 e. The lowest BCUT2D eigenvalue weighted by atomic mass is 10.0. The highest BCUT2D eigenvalue weighted by atomic mass is 15.3. The van der Waals surface area contributed by atoms with E-state index in [9.17, 15) is 0 Å². The van der Waals surface area contributed by atoms with E-state index in [-0.39, 0.29) is 0 Å². The Morgan fingerprint density at radius 1 is 1.29 bits per heavy atom. The summed E-state index contributed by atoms with van der Waals surface area (Å²) in [4.78, 5) is 0. The van der Waals surface area contributed by atoms with Gasteiger partial charge in [0.15, 0.2) is 0 Å². The van der Waals surface area contributed by atoms with Crippen molar-refractivity contribution in [2.45, 2.75) is 26.4 Å². The van der Waals surface area contributed by atoms with Crippen LogP contribution in [0.25, 0.3) is 11.0 Å². The Morgan fingerprint density at radius 3 is 2.76 bits per heavy atom. The number of H-pyrrole nitrogens is 1. The first kappa shape index (κ1) is 12.0. The molecular weight excluding hydrogens is 214 g/mol. The predicted molar refractivity (Wildman–Crippen MR) is 68.4 cm³/mol. The molecule has 1 aromatic heterocycles. The van der Waals surface area contributed by atoms with Crippen LogP contribution >= 0.6 is 0 Å². The highest BCUT2D eigenvalue weighted by Gasteiger charge is 2.10. The highest BCUT2D eigenvalue weighted by molar-refractivity contribution is 5.74. The number of aromatic amines is 1. The first-order valence-corrected chi connectivity index (χ1v) is 5.93. The van der Waals surface area contributed by atoms with E-state index in [1.54, 1.807) is 0 Å². The van der Waals surface area contributed by atoms with Crippen molar-refractivity contribution < 1.29 is 0 Å². The van der Waals surface area contributed by atoms with Gasteiger partial charge in [-0.3, -0.25) is 0 Å². The molecule has 0 radical (unpaired) electrons. The van der Waals surface area contributed by atoms with Crippen molar-refractivity contribution in [2.24, 2.45) is 11.7 Å². The number of benzene rings is 1. The van der Waals surface area contributed by atoms with E-state index < -0.39 is 0 Å². The minimum atomic E-state index is 0.350. The molecular formula is C12H19N5. The molecule has 92 valence electrons. The van der Waals surface area contributed by atoms with Crippen molar-refractivity contribution in [1.29, 1.82) is 0 Å². The van der Waals surface area contributed by atoms with E-state index >= 15 is 0 Å². The Morgan fingerprint density at radius 2 is 2.06 bits per heavy atom. The monoisotopic (exact) mass is 233 g/mol. The van der Waals surface area contributed by atoms with Crippen LogP contribution in [0.1, 0.15) is 19.4 Å². The fraction of sp³-hybridized carbons (Fsp3) is 0.500. The van der Waals surface area contributed by atoms with E-state index in [4.69, 9.17) is 5.73 Å². The lowest BCUT2D eigenvalue weighted by Gasteiger charge is -2.20. The van der Waals surface area contributed by atoms with E-state index in [1.807, 2.05) is 12.1 Å². The molecule has 1 unspecified atom stereocenters. The van der Waals surface area contributed by atoms with Gasteiger partial charge in [0.05, 0.1) is 0 Å². The summed E-state index contributed by atoms with van der Waals surface area (Å²) in [6.07, 6.45) is 0. The molecule has 2 rings (SSSR count). The summed E-state index contributed by atoms with van der Waals surface area (Å²) in [5.41, 5.74) is 8.72. The molecule has 0 bridgehead atoms. The molecule has 0 spiro atoms. The van der Waals surface area contributed by atoms with Gasteiger partial charge >= 0.3 is 0 Å². The van der Waals surface area contributed by atoms with Gasteiger partial charge < -0.3 is 11.1 Å². The summed E-state index contributed by atoms with van der Waals surface area (Å²) < 4.78 is 0. The summed E-state index contributed by atoms with van der Waals surface area (Å²) in [5.74, 6) is 0.538. The normalized spacial score (nSPS) is 13.4. The van der Waals surface area contributed by atoms with E-state index in [0.717, 1.165) is 17.6 Å². The number of aromatic nitrogens is 3. The summed E-state index contributed by atoms with van der Waals surface area (Å²) in [5, 5.41) is 14.2. The Balaban J connectivity index is 2.02. The summed E-state index contributed by atoms with van der Waals surface area (Å²) in [7, 11) is 0. The second-order valence-electron chi connectivity index (χ2n) is 4.61. The zero-order valence-electron chi connectivity index (χ0n) is 10.3. The Hall–Kier alpha value is -1.46. The molecule has 0 saturated heterocycles. The van der Waals surface area contributed by atoms with Gasteiger partial charge in [-0.05, 0) is 23.6 Å². The topological polar surface area (TPSA) is 79.6 Å². The zero-order chi connectivity index (χ0) is 12.3. The molecule has 4 N–H and O–H groups in total. The van der Waals surface area contributed by atoms with Gasteiger partial charge in [-0.2, -0.15) is 15.4 Å². The quantitative estimate of drug-likeness (QED) is 0.720. The van der Waals surface area contributed by atoms with E-state index in [1.165, 1.54) is 5.56 Å². The molecule has 0 amide bonds. The van der Waals surface area contributed by atoms with Gasteiger partial charge in [-0.15, -0.1) is 0 Å². The standard InChI is InChI=1S/C12H19N5/c1-8(2)12(6-13)14-7-9-3-4-10-11(5-9)16-17-15-10/h3-5,8,12,14H,6-7,13H2,1-2H3,(H,15,16,17). The third-order valence-electron chi connectivity index (χ3n) is 3.01. The number of nitrogens with one attached hydrogen (secondary N) is 2. The van der Waals surface area contributed by atoms with Crippen molar-refractivity contribution in [3.05, 3.63) is 23.8 Å². The molecule has 5 nitrogen and oxygen atoms in total. The molecule has 5 heteroatoms. The highest BCUT2D eigenvalue weighted by Crippen LogP contribution is 2.11. The number of fused-ring (bicyclic) bond motifs is 1. The second kappa shape index (κ2) is 5.25. The molecule has 1 aromatic carbocycles. The third kappa shape index (κ3) is 2.81. The van der Waals surface area contributed by atoms with Crippen LogP contribution in [0.3, 0.4) is 0 Å². The van der Waals surface area contributed by atoms with Crippen molar-refractivity contribution in [3.8, 4) is 0 Å². The van der Waals surface area contributed by atoms with Gasteiger partial charge in [0, 0.05) is 19.1 Å². The van der Waals surface area contributed by atoms with Gasteiger partial charge in [0.1, 0.15) is 11.0 Å². The largest absolute Gasteiger partial charge is 0.329 e. The van der Waals surface area contributed by atoms with Crippen LogP contribution in [0.4, 0.5) is 0 Å². The maximum atomic E-state index is 5.72. The fourth-order valence-corrected chi connectivity index (χ4v) is 1.84. The zero-order valence-corrected chi connectivity index (χ0v) is 10.3. The lowest BCUT2D eigenvalue weighted by Crippen LogP contribution is -2.39. The Bertz CT molecular complexity index is 476. The SMILES string of the molecule is CC(C)C(CN)NCc1ccc2n[nH]nc2c1. The van der Waals surface area contributed by atoms with Gasteiger partial charge in [-0.25, -0.2) is 0 Å². The number of hydrogen-bond acceptors (Lipinski definition) is 4. The molecule has 2 aromatic rings. The molecule has 1 heterocycles. The number of nitrogens with two attached hydrogens (primary N) is 1. The van der Waals surface area contributed by atoms with Crippen LogP contribution in [0.15, 0.2) is 18.2 Å². The fourth-order valence-electron chi connectivity index (χ4n) is 1.84. The third-order valence-corrected chi connectivity index (χ3v) is 3.01. The van der Waals surface area contributed by atoms with Gasteiger partial charge in [0.2, 0.25) is 0 Å². The molecule has 0 fully saturated rings. The van der Waals surface area contributed by atoms with Crippen LogP contribution in [0.5, 0.6) is 0 Å². The maximum Gasteiger partial charge on any atom is 0.113 e. The van der Waals surface area contributed by atoms with Crippen molar-refractivity contribution in [1.82, 2.24) is 20.7 Å². The molecule has 17 heavy (non-hydrogen) atoms. The number of nitrogens with zero attached hydrogens (tertiary/aromatic N) is 2. The predicted octanol–water partition coefficient (Wildman–Crippen LogP) is 1.03. The van der Waals surface area contributed by atoms with Crippen molar-refractivity contribution in [3.63, 3.8) is 0 Å². The first-order valence-electron chi connectivity index (χ1n) is 5.93. The first-order chi connectivity index (χ1) is 8.20. The van der Waals surface area contributed by atoms with Crippen LogP contribution in [0, 0.1) is 5.92 Å². The average Bonchev–Trinajstić information content (AvgIpc) is 2.76. The molecule has 0 aliphatic carbocycles. The Kier molecular flexibility index (Phi) is 3.71. The lowest BCUT2D eigenvalue weighted by molar-refractivity contribution is 0.405. The molecule has 0 aliphatic rings.